The van der Waals surface area contributed by atoms with Crippen molar-refractivity contribution in [3.8, 4) is 28.0 Å². The van der Waals surface area contributed by atoms with E-state index in [4.69, 9.17) is 14.2 Å². The molecule has 0 unspecified atom stereocenters. The zero-order valence-electron chi connectivity index (χ0n) is 39.5. The van der Waals surface area contributed by atoms with Crippen LogP contribution in [0.5, 0.6) is 5.75 Å². The van der Waals surface area contributed by atoms with E-state index in [1.54, 1.807) is 6.92 Å². The van der Waals surface area contributed by atoms with Crippen molar-refractivity contribution in [1.29, 1.82) is 0 Å². The highest BCUT2D eigenvalue weighted by molar-refractivity contribution is 5.86. The molecule has 7 nitrogen and oxygen atoms in total. The van der Waals surface area contributed by atoms with Gasteiger partial charge in [-0.1, -0.05) is 108 Å². The molecule has 7 heteroatoms. The summed E-state index contributed by atoms with van der Waals surface area (Å²) in [6, 6.07) is 20.6. The van der Waals surface area contributed by atoms with Crippen molar-refractivity contribution >= 4 is 11.9 Å². The van der Waals surface area contributed by atoms with E-state index in [0.29, 0.717) is 56.6 Å². The van der Waals surface area contributed by atoms with Gasteiger partial charge in [0.2, 0.25) is 0 Å². The molecule has 4 rings (SSSR count). The lowest BCUT2D eigenvalue weighted by Gasteiger charge is -2.30. The van der Waals surface area contributed by atoms with Gasteiger partial charge in [-0.25, -0.2) is 4.79 Å². The Morgan fingerprint density at radius 3 is 1.85 bits per heavy atom. The summed E-state index contributed by atoms with van der Waals surface area (Å²) in [6.07, 6.45) is 17.1. The lowest BCUT2D eigenvalue weighted by atomic mass is 9.77. The van der Waals surface area contributed by atoms with Crippen LogP contribution in [0.4, 0.5) is 0 Å². The van der Waals surface area contributed by atoms with Gasteiger partial charge in [0.05, 0.1) is 38.4 Å². The fourth-order valence-electron chi connectivity index (χ4n) is 8.84. The Hall–Kier alpha value is -3.94. The molecule has 0 aliphatic heterocycles. The topological polar surface area (TPSA) is 102 Å². The average molecular weight is 853 g/mol. The Labute approximate surface area is 375 Å². The zero-order chi connectivity index (χ0) is 45.1. The lowest BCUT2D eigenvalue weighted by molar-refractivity contribution is -0.153. The summed E-state index contributed by atoms with van der Waals surface area (Å²) in [5, 5.41) is 20.8. The van der Waals surface area contributed by atoms with E-state index >= 15 is 0 Å². The van der Waals surface area contributed by atoms with Crippen molar-refractivity contribution in [1.82, 2.24) is 0 Å². The summed E-state index contributed by atoms with van der Waals surface area (Å²) < 4.78 is 17.9. The molecule has 2 N–H and O–H groups in total. The van der Waals surface area contributed by atoms with Crippen LogP contribution in [0, 0.1) is 16.7 Å². The summed E-state index contributed by atoms with van der Waals surface area (Å²) in [5.41, 5.74) is 8.55. The molecule has 0 amide bonds. The molecular weight excluding hydrogens is 773 g/mol. The summed E-state index contributed by atoms with van der Waals surface area (Å²) in [7, 11) is 0. The number of aliphatic hydroxyl groups is 2. The first-order valence-electron chi connectivity index (χ1n) is 24.0. The molecule has 1 fully saturated rings. The molecule has 0 aromatic heterocycles. The molecule has 1 aliphatic rings. The van der Waals surface area contributed by atoms with E-state index in [1.807, 2.05) is 20.8 Å². The average Bonchev–Trinajstić information content (AvgIpc) is 3.27. The number of unbranched alkanes of at least 4 members (excludes halogenated alkanes) is 3. The number of carbonyl (C=O) groups is 2. The number of hydrogen-bond donors (Lipinski definition) is 2. The molecule has 0 atom stereocenters. The Kier molecular flexibility index (Phi) is 20.8. The SMILES string of the molecule is C=C(C)C(=O)OCCCc1cc(-c2ccc(-c3ccc(C4CCC(CCCCC)CC4)cc3)cc2CC)cc(CCCOC(=O)C(C)(C)C)c1OCCC(CO)(CO)CCCC. The van der Waals surface area contributed by atoms with Crippen LogP contribution < -0.4 is 4.74 Å². The number of aliphatic hydroxyl groups excluding tert-OH is 2. The lowest BCUT2D eigenvalue weighted by Crippen LogP contribution is -2.32. The number of rotatable bonds is 26. The standard InChI is InChI=1S/C55H80O7/c1-9-12-14-17-41-20-22-43(23-21-41)44-24-26-45(27-25-44)46-28-29-50(42(11-3)35-46)49-36-47(18-15-32-61-52(58)40(4)5)51(60-34-31-55(38-56,39-57)30-13-10-2)48(37-49)19-16-33-62-53(59)54(6,7)8/h24-29,35-37,41,43,56-57H,4,9-23,30-34,38-39H2,1-3,5-8H3. The molecule has 0 spiro atoms. The second-order valence-corrected chi connectivity index (χ2v) is 19.2. The number of aryl methyl sites for hydroxylation is 3. The maximum absolute atomic E-state index is 12.6. The number of benzene rings is 3. The van der Waals surface area contributed by atoms with Gasteiger partial charge in [0.25, 0.3) is 0 Å². The Bertz CT molecular complexity index is 1840. The largest absolute Gasteiger partial charge is 0.493 e. The van der Waals surface area contributed by atoms with Crippen LogP contribution in [0.25, 0.3) is 22.3 Å². The van der Waals surface area contributed by atoms with Crippen LogP contribution in [0.15, 0.2) is 66.7 Å². The van der Waals surface area contributed by atoms with E-state index in [-0.39, 0.29) is 32.4 Å². The van der Waals surface area contributed by atoms with E-state index in [0.717, 1.165) is 53.2 Å². The molecule has 0 saturated heterocycles. The highest BCUT2D eigenvalue weighted by Gasteiger charge is 2.29. The van der Waals surface area contributed by atoms with Gasteiger partial charge in [-0.2, -0.15) is 0 Å². The van der Waals surface area contributed by atoms with Gasteiger partial charge in [-0.15, -0.1) is 0 Å². The third kappa shape index (κ3) is 15.1. The fraction of sp³-hybridized carbons (Fsp3) is 0.600. The van der Waals surface area contributed by atoms with Crippen molar-refractivity contribution in [2.24, 2.45) is 16.7 Å². The first kappa shape index (κ1) is 50.7. The minimum absolute atomic E-state index is 0.112. The van der Waals surface area contributed by atoms with Crippen molar-refractivity contribution in [2.45, 2.75) is 164 Å². The summed E-state index contributed by atoms with van der Waals surface area (Å²) >= 11 is 0. The van der Waals surface area contributed by atoms with Crippen LogP contribution in [-0.2, 0) is 38.3 Å². The van der Waals surface area contributed by atoms with Crippen LogP contribution in [0.1, 0.15) is 167 Å². The summed E-state index contributed by atoms with van der Waals surface area (Å²) in [4.78, 5) is 24.9. The van der Waals surface area contributed by atoms with Crippen molar-refractivity contribution in [3.63, 3.8) is 0 Å². The smallest absolute Gasteiger partial charge is 0.333 e. The molecule has 1 saturated carbocycles. The van der Waals surface area contributed by atoms with E-state index in [9.17, 15) is 19.8 Å². The highest BCUT2D eigenvalue weighted by atomic mass is 16.5. The third-order valence-corrected chi connectivity index (χ3v) is 13.0. The molecule has 3 aromatic rings. The second-order valence-electron chi connectivity index (χ2n) is 19.2. The first-order chi connectivity index (χ1) is 29.8. The summed E-state index contributed by atoms with van der Waals surface area (Å²) in [5.74, 6) is 1.70. The predicted octanol–water partition coefficient (Wildman–Crippen LogP) is 12.9. The van der Waals surface area contributed by atoms with Crippen molar-refractivity contribution in [2.75, 3.05) is 33.0 Å². The van der Waals surface area contributed by atoms with Gasteiger partial charge in [0.1, 0.15) is 5.75 Å². The van der Waals surface area contributed by atoms with Crippen LogP contribution in [0.2, 0.25) is 0 Å². The van der Waals surface area contributed by atoms with Crippen LogP contribution >= 0.6 is 0 Å². The third-order valence-electron chi connectivity index (χ3n) is 13.0. The Balaban J connectivity index is 1.66. The van der Waals surface area contributed by atoms with E-state index in [2.05, 4.69) is 81.9 Å². The predicted molar refractivity (Wildman–Crippen MR) is 255 cm³/mol. The number of hydrogen-bond acceptors (Lipinski definition) is 7. The molecule has 0 radical (unpaired) electrons. The van der Waals surface area contributed by atoms with Crippen LogP contribution in [0.3, 0.4) is 0 Å². The second kappa shape index (κ2) is 25.4. The maximum Gasteiger partial charge on any atom is 0.333 e. The normalized spacial score (nSPS) is 15.6. The van der Waals surface area contributed by atoms with Crippen molar-refractivity contribution < 1.29 is 34.0 Å². The summed E-state index contributed by atoms with van der Waals surface area (Å²) in [6.45, 7) is 18.2. The van der Waals surface area contributed by atoms with E-state index < -0.39 is 16.8 Å². The van der Waals surface area contributed by atoms with Gasteiger partial charge < -0.3 is 24.4 Å². The minimum atomic E-state index is -0.626. The molecule has 0 bridgehead atoms. The quantitative estimate of drug-likeness (QED) is 0.0471. The van der Waals surface area contributed by atoms with Gasteiger partial charge in [0, 0.05) is 11.0 Å². The molecule has 1 aliphatic carbocycles. The Morgan fingerprint density at radius 1 is 0.694 bits per heavy atom. The van der Waals surface area contributed by atoms with Gasteiger partial charge in [-0.3, -0.25) is 4.79 Å². The van der Waals surface area contributed by atoms with Crippen molar-refractivity contribution in [3.05, 3.63) is 89.0 Å². The van der Waals surface area contributed by atoms with Gasteiger partial charge >= 0.3 is 11.9 Å². The molecular formula is C55H80O7. The van der Waals surface area contributed by atoms with Gasteiger partial charge in [-0.05, 0) is 167 Å². The number of esters is 2. The Morgan fingerprint density at radius 2 is 1.29 bits per heavy atom. The molecule has 342 valence electrons. The molecule has 3 aromatic carbocycles. The van der Waals surface area contributed by atoms with E-state index in [1.165, 1.54) is 73.6 Å². The number of carbonyl (C=O) groups excluding carboxylic acids is 2. The monoisotopic (exact) mass is 853 g/mol. The zero-order valence-corrected chi connectivity index (χ0v) is 39.5. The highest BCUT2D eigenvalue weighted by Crippen LogP contribution is 2.40. The minimum Gasteiger partial charge on any atom is -0.493 e. The molecule has 0 heterocycles. The fourth-order valence-corrected chi connectivity index (χ4v) is 8.84. The first-order valence-corrected chi connectivity index (χ1v) is 24.0. The maximum atomic E-state index is 12.6. The van der Waals surface area contributed by atoms with Crippen LogP contribution in [-0.4, -0.2) is 55.2 Å². The molecule has 62 heavy (non-hydrogen) atoms. The number of ether oxygens (including phenoxy) is 3. The van der Waals surface area contributed by atoms with Gasteiger partial charge in [0.15, 0.2) is 0 Å².